The van der Waals surface area contributed by atoms with Crippen molar-refractivity contribution < 1.29 is 14.4 Å². The highest BCUT2D eigenvalue weighted by Crippen LogP contribution is 2.46. The first-order valence-electron chi connectivity index (χ1n) is 3.69. The van der Waals surface area contributed by atoms with Gasteiger partial charge in [-0.15, -0.1) is 0 Å². The van der Waals surface area contributed by atoms with Crippen LogP contribution in [0.25, 0.3) is 0 Å². The second kappa shape index (κ2) is 2.06. The predicted molar refractivity (Wildman–Crippen MR) is 37.8 cm³/mol. The zero-order valence-corrected chi connectivity index (χ0v) is 6.57. The van der Waals surface area contributed by atoms with Crippen LogP contribution in [0.5, 0.6) is 0 Å². The van der Waals surface area contributed by atoms with Gasteiger partial charge in [0.15, 0.2) is 0 Å². The summed E-state index contributed by atoms with van der Waals surface area (Å²) in [5.74, 6) is -0.952. The molecular formula is C7H8N2O3. The van der Waals surface area contributed by atoms with E-state index in [1.54, 1.807) is 0 Å². The molecule has 0 aliphatic heterocycles. The van der Waals surface area contributed by atoms with E-state index in [1.165, 1.54) is 0 Å². The molecule has 5 nitrogen and oxygen atoms in total. The molecule has 0 bridgehead atoms. The summed E-state index contributed by atoms with van der Waals surface area (Å²) < 4.78 is 4.81. The minimum absolute atomic E-state index is 0.0549. The maximum absolute atomic E-state index is 10.4. The van der Waals surface area contributed by atoms with Crippen molar-refractivity contribution in [3.05, 3.63) is 11.7 Å². The van der Waals surface area contributed by atoms with Gasteiger partial charge in [0.25, 0.3) is 5.82 Å². The number of carbonyl (C=O) groups is 1. The Balaban J connectivity index is 2.30. The third-order valence-electron chi connectivity index (χ3n) is 2.13. The molecule has 1 heterocycles. The van der Waals surface area contributed by atoms with E-state index in [2.05, 4.69) is 10.1 Å². The number of rotatable bonds is 2. The van der Waals surface area contributed by atoms with Crippen LogP contribution < -0.4 is 0 Å². The maximum Gasteiger partial charge on any atom is 0.377 e. The lowest BCUT2D eigenvalue weighted by Gasteiger charge is -1.96. The van der Waals surface area contributed by atoms with Crippen molar-refractivity contribution in [3.8, 4) is 0 Å². The summed E-state index contributed by atoms with van der Waals surface area (Å²) in [5.41, 5.74) is -0.0549. The monoisotopic (exact) mass is 168 g/mol. The topological polar surface area (TPSA) is 76.2 Å². The number of hydrogen-bond donors (Lipinski definition) is 1. The molecule has 1 aromatic rings. The van der Waals surface area contributed by atoms with Crippen LogP contribution in [0.4, 0.5) is 0 Å². The first-order valence-corrected chi connectivity index (χ1v) is 3.69. The molecule has 1 saturated carbocycles. The van der Waals surface area contributed by atoms with Crippen LogP contribution in [0, 0.1) is 0 Å². The summed E-state index contributed by atoms with van der Waals surface area (Å²) in [6.45, 7) is 1.98. The van der Waals surface area contributed by atoms with Gasteiger partial charge in [0.1, 0.15) is 0 Å². The molecule has 0 atom stereocenters. The summed E-state index contributed by atoms with van der Waals surface area (Å²) >= 11 is 0. The quantitative estimate of drug-likeness (QED) is 0.707. The number of carboxylic acids is 1. The van der Waals surface area contributed by atoms with E-state index in [4.69, 9.17) is 9.63 Å². The molecule has 1 aliphatic carbocycles. The van der Waals surface area contributed by atoms with Crippen LogP contribution in [-0.2, 0) is 5.41 Å². The van der Waals surface area contributed by atoms with E-state index in [-0.39, 0.29) is 11.2 Å². The first-order chi connectivity index (χ1) is 5.62. The van der Waals surface area contributed by atoms with Gasteiger partial charge < -0.3 is 9.63 Å². The smallest absolute Gasteiger partial charge is 0.377 e. The van der Waals surface area contributed by atoms with E-state index in [0.29, 0.717) is 5.89 Å². The molecule has 0 aromatic carbocycles. The number of nitrogens with zero attached hydrogens (tertiary/aromatic N) is 2. The van der Waals surface area contributed by atoms with E-state index in [1.807, 2.05) is 6.92 Å². The van der Waals surface area contributed by atoms with Crippen LogP contribution in [0.15, 0.2) is 4.52 Å². The van der Waals surface area contributed by atoms with Gasteiger partial charge in [0.05, 0.1) is 0 Å². The molecule has 1 N–H and O–H groups in total. The lowest BCUT2D eigenvalue weighted by Crippen LogP contribution is -2.02. The lowest BCUT2D eigenvalue weighted by atomic mass is 10.1. The van der Waals surface area contributed by atoms with Crippen molar-refractivity contribution in [1.29, 1.82) is 0 Å². The highest BCUT2D eigenvalue weighted by molar-refractivity contribution is 5.82. The SMILES string of the molecule is CC1(c2nc(C(=O)O)no2)CC1. The van der Waals surface area contributed by atoms with Crippen molar-refractivity contribution in [2.45, 2.75) is 25.2 Å². The molecule has 0 radical (unpaired) electrons. The van der Waals surface area contributed by atoms with Crippen LogP contribution in [0.3, 0.4) is 0 Å². The maximum atomic E-state index is 10.4. The Kier molecular flexibility index (Phi) is 1.25. The van der Waals surface area contributed by atoms with E-state index in [0.717, 1.165) is 12.8 Å². The summed E-state index contributed by atoms with van der Waals surface area (Å²) in [4.78, 5) is 14.1. The first kappa shape index (κ1) is 7.27. The number of hydrogen-bond acceptors (Lipinski definition) is 4. The van der Waals surface area contributed by atoms with Gasteiger partial charge in [-0.2, -0.15) is 4.98 Å². The minimum Gasteiger partial charge on any atom is -0.475 e. The number of carboxylic acid groups (broad SMARTS) is 1. The minimum atomic E-state index is -1.14. The van der Waals surface area contributed by atoms with E-state index < -0.39 is 5.97 Å². The van der Waals surface area contributed by atoms with Crippen molar-refractivity contribution in [2.24, 2.45) is 0 Å². The van der Waals surface area contributed by atoms with Crippen molar-refractivity contribution in [1.82, 2.24) is 10.1 Å². The Morgan fingerprint density at radius 1 is 1.67 bits per heavy atom. The average molecular weight is 168 g/mol. The van der Waals surface area contributed by atoms with E-state index in [9.17, 15) is 4.79 Å². The number of aromatic nitrogens is 2. The van der Waals surface area contributed by atoms with Gasteiger partial charge in [-0.1, -0.05) is 6.92 Å². The van der Waals surface area contributed by atoms with Gasteiger partial charge in [-0.05, 0) is 18.0 Å². The van der Waals surface area contributed by atoms with E-state index >= 15 is 0 Å². The molecule has 5 heteroatoms. The fraction of sp³-hybridized carbons (Fsp3) is 0.571. The fourth-order valence-corrected chi connectivity index (χ4v) is 0.957. The summed E-state index contributed by atoms with van der Waals surface area (Å²) in [6, 6.07) is 0. The summed E-state index contributed by atoms with van der Waals surface area (Å²) in [5, 5.41) is 11.8. The van der Waals surface area contributed by atoms with Crippen LogP contribution in [-0.4, -0.2) is 21.2 Å². The Morgan fingerprint density at radius 2 is 2.33 bits per heavy atom. The lowest BCUT2D eigenvalue weighted by molar-refractivity contribution is 0.0680. The second-order valence-electron chi connectivity index (χ2n) is 3.29. The molecular weight excluding hydrogens is 160 g/mol. The molecule has 0 spiro atoms. The summed E-state index contributed by atoms with van der Waals surface area (Å²) in [6.07, 6.45) is 1.99. The Morgan fingerprint density at radius 3 is 2.75 bits per heavy atom. The summed E-state index contributed by atoms with van der Waals surface area (Å²) in [7, 11) is 0. The second-order valence-corrected chi connectivity index (χ2v) is 3.29. The van der Waals surface area contributed by atoms with Gasteiger partial charge in [0, 0.05) is 5.41 Å². The molecule has 2 rings (SSSR count). The van der Waals surface area contributed by atoms with Crippen LogP contribution >= 0.6 is 0 Å². The Labute approximate surface area is 68.4 Å². The largest absolute Gasteiger partial charge is 0.475 e. The van der Waals surface area contributed by atoms with Crippen molar-refractivity contribution in [2.75, 3.05) is 0 Å². The Hall–Kier alpha value is -1.39. The third-order valence-corrected chi connectivity index (χ3v) is 2.13. The van der Waals surface area contributed by atoms with Crippen molar-refractivity contribution in [3.63, 3.8) is 0 Å². The Bertz CT molecular complexity index is 327. The van der Waals surface area contributed by atoms with Crippen molar-refractivity contribution >= 4 is 5.97 Å². The predicted octanol–water partition coefficient (Wildman–Crippen LogP) is 0.819. The van der Waals surface area contributed by atoms with Gasteiger partial charge in [-0.3, -0.25) is 0 Å². The van der Waals surface area contributed by atoms with Gasteiger partial charge in [-0.25, -0.2) is 4.79 Å². The molecule has 12 heavy (non-hydrogen) atoms. The normalized spacial score (nSPS) is 19.1. The zero-order valence-electron chi connectivity index (χ0n) is 6.57. The highest BCUT2D eigenvalue weighted by atomic mass is 16.5. The van der Waals surface area contributed by atoms with Gasteiger partial charge in [0.2, 0.25) is 5.89 Å². The molecule has 1 fully saturated rings. The third kappa shape index (κ3) is 0.975. The molecule has 64 valence electrons. The molecule has 0 unspecified atom stereocenters. The standard InChI is InChI=1S/C7H8N2O3/c1-7(2-3-7)6-8-4(5(10)11)9-12-6/h2-3H2,1H3,(H,10,11). The molecule has 0 amide bonds. The van der Waals surface area contributed by atoms with Gasteiger partial charge >= 0.3 is 5.97 Å². The van der Waals surface area contributed by atoms with Crippen LogP contribution in [0.2, 0.25) is 0 Å². The number of aromatic carboxylic acids is 1. The van der Waals surface area contributed by atoms with Crippen LogP contribution in [0.1, 0.15) is 36.3 Å². The highest BCUT2D eigenvalue weighted by Gasteiger charge is 2.44. The molecule has 1 aromatic heterocycles. The molecule has 1 aliphatic rings. The fourth-order valence-electron chi connectivity index (χ4n) is 0.957. The molecule has 0 saturated heterocycles. The average Bonchev–Trinajstić information content (AvgIpc) is 2.61. The zero-order chi connectivity index (χ0) is 8.77.